The molecule has 18 heavy (non-hydrogen) atoms. The van der Waals surface area contributed by atoms with E-state index in [9.17, 15) is 0 Å². The molecule has 0 bridgehead atoms. The van der Waals surface area contributed by atoms with Crippen molar-refractivity contribution >= 4 is 15.9 Å². The van der Waals surface area contributed by atoms with Gasteiger partial charge in [0, 0.05) is 11.4 Å². The highest BCUT2D eigenvalue weighted by Gasteiger charge is 2.01. The first-order chi connectivity index (χ1) is 8.80. The second-order valence-corrected chi connectivity index (χ2v) is 5.22. The van der Waals surface area contributed by atoms with Crippen LogP contribution in [0.1, 0.15) is 37.7 Å². The molecule has 0 saturated heterocycles. The molecule has 0 fully saturated rings. The van der Waals surface area contributed by atoms with Gasteiger partial charge in [-0.1, -0.05) is 35.2 Å². The number of benzene rings is 1. The first kappa shape index (κ1) is 15.4. The average Bonchev–Trinajstić information content (AvgIpc) is 2.42. The monoisotopic (exact) mass is 314 g/mol. The van der Waals surface area contributed by atoms with Gasteiger partial charge in [-0.2, -0.15) is 0 Å². The molecule has 0 amide bonds. The molecule has 0 radical (unpaired) electrons. The molecular formula is C15H23BrO2. The van der Waals surface area contributed by atoms with Crippen LogP contribution in [-0.2, 0) is 6.42 Å². The number of alkyl halides is 1. The number of hydrogen-bond donors (Lipinski definition) is 0. The summed E-state index contributed by atoms with van der Waals surface area (Å²) in [6.45, 7) is 0. The van der Waals surface area contributed by atoms with E-state index < -0.39 is 0 Å². The topological polar surface area (TPSA) is 18.5 Å². The van der Waals surface area contributed by atoms with Crippen molar-refractivity contribution in [2.45, 2.75) is 38.5 Å². The van der Waals surface area contributed by atoms with Crippen LogP contribution in [0.3, 0.4) is 0 Å². The number of aryl methyl sites for hydroxylation is 1. The molecule has 0 aliphatic carbocycles. The number of rotatable bonds is 9. The lowest BCUT2D eigenvalue weighted by atomic mass is 10.0. The van der Waals surface area contributed by atoms with Gasteiger partial charge in [-0.3, -0.25) is 0 Å². The summed E-state index contributed by atoms with van der Waals surface area (Å²) in [6, 6.07) is 6.11. The molecule has 102 valence electrons. The van der Waals surface area contributed by atoms with Crippen LogP contribution in [0.2, 0.25) is 0 Å². The van der Waals surface area contributed by atoms with Crippen molar-refractivity contribution in [1.29, 1.82) is 0 Å². The fraction of sp³-hybridized carbons (Fsp3) is 0.600. The minimum atomic E-state index is 0.878. The molecule has 0 aliphatic heterocycles. The third kappa shape index (κ3) is 5.76. The third-order valence-electron chi connectivity index (χ3n) is 3.01. The molecule has 1 aromatic rings. The van der Waals surface area contributed by atoms with Crippen molar-refractivity contribution in [2.24, 2.45) is 0 Å². The van der Waals surface area contributed by atoms with Crippen molar-refractivity contribution in [3.8, 4) is 11.5 Å². The average molecular weight is 315 g/mol. The molecule has 0 unspecified atom stereocenters. The Kier molecular flexibility index (Phi) is 7.90. The fourth-order valence-corrected chi connectivity index (χ4v) is 2.36. The Bertz CT molecular complexity index is 317. The number of ether oxygens (including phenoxy) is 2. The molecule has 0 saturated carbocycles. The molecule has 0 heterocycles. The molecule has 2 nitrogen and oxygen atoms in total. The summed E-state index contributed by atoms with van der Waals surface area (Å²) in [5, 5.41) is 1.13. The largest absolute Gasteiger partial charge is 0.497 e. The standard InChI is InChI=1S/C15H23BrO2/c1-17-14-10-13(11-15(12-14)18-2)8-6-4-3-5-7-9-16/h10-12H,3-9H2,1-2H3. The second-order valence-electron chi connectivity index (χ2n) is 4.43. The number of methoxy groups -OCH3 is 2. The minimum Gasteiger partial charge on any atom is -0.497 e. The highest BCUT2D eigenvalue weighted by Crippen LogP contribution is 2.23. The molecule has 0 atom stereocenters. The molecular weight excluding hydrogens is 292 g/mol. The predicted molar refractivity (Wildman–Crippen MR) is 80.1 cm³/mol. The van der Waals surface area contributed by atoms with Gasteiger partial charge in [0.2, 0.25) is 0 Å². The second kappa shape index (κ2) is 9.26. The van der Waals surface area contributed by atoms with Gasteiger partial charge in [0.25, 0.3) is 0 Å². The van der Waals surface area contributed by atoms with Crippen LogP contribution >= 0.6 is 15.9 Å². The molecule has 0 aliphatic rings. The number of unbranched alkanes of at least 4 members (excludes halogenated alkanes) is 4. The van der Waals surface area contributed by atoms with Gasteiger partial charge >= 0.3 is 0 Å². The Hall–Kier alpha value is -0.700. The van der Waals surface area contributed by atoms with E-state index in [-0.39, 0.29) is 0 Å². The Morgan fingerprint density at radius 2 is 1.39 bits per heavy atom. The highest BCUT2D eigenvalue weighted by atomic mass is 79.9. The van der Waals surface area contributed by atoms with E-state index in [4.69, 9.17) is 9.47 Å². The molecule has 0 spiro atoms. The normalized spacial score (nSPS) is 10.4. The number of halogens is 1. The smallest absolute Gasteiger partial charge is 0.122 e. The Morgan fingerprint density at radius 1 is 0.833 bits per heavy atom. The van der Waals surface area contributed by atoms with Gasteiger partial charge in [-0.05, 0) is 37.0 Å². The summed E-state index contributed by atoms with van der Waals surface area (Å²) in [6.07, 6.45) is 7.57. The van der Waals surface area contributed by atoms with E-state index in [0.29, 0.717) is 0 Å². The van der Waals surface area contributed by atoms with Crippen LogP contribution in [0.5, 0.6) is 11.5 Å². The molecule has 0 aromatic heterocycles. The first-order valence-electron chi connectivity index (χ1n) is 6.58. The van der Waals surface area contributed by atoms with Crippen LogP contribution in [0, 0.1) is 0 Å². The van der Waals surface area contributed by atoms with E-state index in [1.54, 1.807) is 14.2 Å². The predicted octanol–water partition coefficient (Wildman–Crippen LogP) is 4.59. The zero-order valence-corrected chi connectivity index (χ0v) is 13.0. The molecule has 1 aromatic carbocycles. The van der Waals surface area contributed by atoms with E-state index >= 15 is 0 Å². The van der Waals surface area contributed by atoms with Gasteiger partial charge in [-0.25, -0.2) is 0 Å². The fourth-order valence-electron chi connectivity index (χ4n) is 1.96. The molecule has 3 heteroatoms. The SMILES string of the molecule is COc1cc(CCCCCCCBr)cc(OC)c1. The van der Waals surface area contributed by atoms with Crippen molar-refractivity contribution in [2.75, 3.05) is 19.5 Å². The Balaban J connectivity index is 2.36. The lowest BCUT2D eigenvalue weighted by Gasteiger charge is -2.08. The zero-order valence-electron chi connectivity index (χ0n) is 11.4. The van der Waals surface area contributed by atoms with Crippen molar-refractivity contribution < 1.29 is 9.47 Å². The summed E-state index contributed by atoms with van der Waals surface area (Å²) in [5.41, 5.74) is 1.30. The quantitative estimate of drug-likeness (QED) is 0.490. The third-order valence-corrected chi connectivity index (χ3v) is 3.57. The van der Waals surface area contributed by atoms with Crippen molar-refractivity contribution in [3.63, 3.8) is 0 Å². The van der Waals surface area contributed by atoms with Crippen LogP contribution < -0.4 is 9.47 Å². The molecule has 0 N–H and O–H groups in total. The van der Waals surface area contributed by atoms with Gasteiger partial charge < -0.3 is 9.47 Å². The van der Waals surface area contributed by atoms with Crippen molar-refractivity contribution in [3.05, 3.63) is 23.8 Å². The van der Waals surface area contributed by atoms with Crippen LogP contribution in [0.4, 0.5) is 0 Å². The molecule has 1 rings (SSSR count). The van der Waals surface area contributed by atoms with Crippen LogP contribution in [-0.4, -0.2) is 19.5 Å². The summed E-state index contributed by atoms with van der Waals surface area (Å²) in [7, 11) is 3.39. The van der Waals surface area contributed by atoms with Crippen molar-refractivity contribution in [1.82, 2.24) is 0 Å². The van der Waals surface area contributed by atoms with Gasteiger partial charge in [0.15, 0.2) is 0 Å². The van der Waals surface area contributed by atoms with Crippen LogP contribution in [0.15, 0.2) is 18.2 Å². The summed E-state index contributed by atoms with van der Waals surface area (Å²) in [5.74, 6) is 1.76. The summed E-state index contributed by atoms with van der Waals surface area (Å²) in [4.78, 5) is 0. The first-order valence-corrected chi connectivity index (χ1v) is 7.70. The van der Waals surface area contributed by atoms with Gasteiger partial charge in [-0.15, -0.1) is 0 Å². The van der Waals surface area contributed by atoms with Gasteiger partial charge in [0.1, 0.15) is 11.5 Å². The lowest BCUT2D eigenvalue weighted by molar-refractivity contribution is 0.393. The summed E-state index contributed by atoms with van der Waals surface area (Å²) < 4.78 is 10.5. The Morgan fingerprint density at radius 3 is 1.94 bits per heavy atom. The summed E-state index contributed by atoms with van der Waals surface area (Å²) >= 11 is 3.46. The number of hydrogen-bond acceptors (Lipinski definition) is 2. The minimum absolute atomic E-state index is 0.878. The van der Waals surface area contributed by atoms with Crippen LogP contribution in [0.25, 0.3) is 0 Å². The van der Waals surface area contributed by atoms with E-state index in [2.05, 4.69) is 28.1 Å². The van der Waals surface area contributed by atoms with E-state index in [0.717, 1.165) is 23.2 Å². The Labute approximate surface area is 119 Å². The highest BCUT2D eigenvalue weighted by molar-refractivity contribution is 9.09. The van der Waals surface area contributed by atoms with E-state index in [1.165, 1.54) is 37.7 Å². The van der Waals surface area contributed by atoms with E-state index in [1.807, 2.05) is 6.07 Å². The lowest BCUT2D eigenvalue weighted by Crippen LogP contribution is -1.92. The maximum Gasteiger partial charge on any atom is 0.122 e. The maximum atomic E-state index is 5.27. The zero-order chi connectivity index (χ0) is 13.2. The van der Waals surface area contributed by atoms with Gasteiger partial charge in [0.05, 0.1) is 14.2 Å². The maximum absolute atomic E-state index is 5.27.